The average molecular weight is 188 g/mol. The maximum atomic E-state index is 13.1. The third kappa shape index (κ3) is 1.69. The number of benzene rings is 1. The van der Waals surface area contributed by atoms with E-state index in [1.54, 1.807) is 12.1 Å². The highest BCUT2D eigenvalue weighted by Crippen LogP contribution is 2.41. The fourth-order valence-electron chi connectivity index (χ4n) is 1.27. The Balaban J connectivity index is 0.000000720. The van der Waals surface area contributed by atoms with E-state index in [-0.39, 0.29) is 18.2 Å². The number of hydrogen-bond acceptors (Lipinski definition) is 1. The van der Waals surface area contributed by atoms with Gasteiger partial charge in [-0.2, -0.15) is 0 Å². The lowest BCUT2D eigenvalue weighted by atomic mass is 10.1. The third-order valence-corrected chi connectivity index (χ3v) is 2.04. The molecule has 1 fully saturated rings. The van der Waals surface area contributed by atoms with E-state index < -0.39 is 0 Å². The van der Waals surface area contributed by atoms with Gasteiger partial charge in [0.2, 0.25) is 0 Å². The summed E-state index contributed by atoms with van der Waals surface area (Å²) < 4.78 is 13.1. The standard InChI is InChI=1S/C9H10FN.ClH/c10-9-5-7(11)3-4-8(9)6-1-2-6;/h3-6H,1-2,11H2;1H. The van der Waals surface area contributed by atoms with E-state index in [1.807, 2.05) is 0 Å². The molecule has 12 heavy (non-hydrogen) atoms. The number of nitrogens with two attached hydrogens (primary N) is 1. The van der Waals surface area contributed by atoms with Gasteiger partial charge in [-0.15, -0.1) is 12.4 Å². The van der Waals surface area contributed by atoms with Crippen molar-refractivity contribution < 1.29 is 4.39 Å². The number of rotatable bonds is 1. The van der Waals surface area contributed by atoms with Crippen molar-refractivity contribution in [2.45, 2.75) is 18.8 Å². The minimum Gasteiger partial charge on any atom is -0.399 e. The molecule has 1 aromatic carbocycles. The van der Waals surface area contributed by atoms with Gasteiger partial charge in [-0.05, 0) is 36.5 Å². The van der Waals surface area contributed by atoms with Gasteiger partial charge in [0.05, 0.1) is 0 Å². The van der Waals surface area contributed by atoms with Gasteiger partial charge in [-0.1, -0.05) is 6.07 Å². The molecule has 0 radical (unpaired) electrons. The fourth-order valence-corrected chi connectivity index (χ4v) is 1.27. The molecule has 1 aliphatic carbocycles. The molecule has 0 amide bonds. The van der Waals surface area contributed by atoms with Crippen molar-refractivity contribution in [2.75, 3.05) is 5.73 Å². The molecule has 0 heterocycles. The molecule has 1 aromatic rings. The smallest absolute Gasteiger partial charge is 0.128 e. The summed E-state index contributed by atoms with van der Waals surface area (Å²) in [5.74, 6) is 0.322. The summed E-state index contributed by atoms with van der Waals surface area (Å²) in [5.41, 5.74) is 6.75. The SMILES string of the molecule is Cl.Nc1ccc(C2CC2)c(F)c1. The summed E-state index contributed by atoms with van der Waals surface area (Å²) in [6.07, 6.45) is 2.25. The molecule has 0 bridgehead atoms. The van der Waals surface area contributed by atoms with Crippen molar-refractivity contribution in [1.82, 2.24) is 0 Å². The van der Waals surface area contributed by atoms with Crippen LogP contribution in [0.4, 0.5) is 10.1 Å². The van der Waals surface area contributed by atoms with E-state index in [2.05, 4.69) is 0 Å². The van der Waals surface area contributed by atoms with Crippen molar-refractivity contribution >= 4 is 18.1 Å². The van der Waals surface area contributed by atoms with E-state index >= 15 is 0 Å². The lowest BCUT2D eigenvalue weighted by Gasteiger charge is -2.00. The van der Waals surface area contributed by atoms with Gasteiger partial charge in [0.15, 0.2) is 0 Å². The van der Waals surface area contributed by atoms with Crippen molar-refractivity contribution in [1.29, 1.82) is 0 Å². The first-order valence-corrected chi connectivity index (χ1v) is 3.82. The first-order chi connectivity index (χ1) is 5.27. The van der Waals surface area contributed by atoms with Crippen LogP contribution in [-0.4, -0.2) is 0 Å². The number of nitrogen functional groups attached to an aromatic ring is 1. The normalized spacial score (nSPS) is 15.4. The Morgan fingerprint density at radius 1 is 1.33 bits per heavy atom. The van der Waals surface area contributed by atoms with Gasteiger partial charge >= 0.3 is 0 Å². The van der Waals surface area contributed by atoms with Gasteiger partial charge in [-0.3, -0.25) is 0 Å². The monoisotopic (exact) mass is 187 g/mol. The molecule has 1 nitrogen and oxygen atoms in total. The highest BCUT2D eigenvalue weighted by Gasteiger charge is 2.25. The van der Waals surface area contributed by atoms with Gasteiger partial charge in [0, 0.05) is 5.69 Å². The first kappa shape index (κ1) is 9.33. The van der Waals surface area contributed by atoms with Crippen molar-refractivity contribution in [3.63, 3.8) is 0 Å². The van der Waals surface area contributed by atoms with Crippen LogP contribution in [0.15, 0.2) is 18.2 Å². The molecule has 0 aromatic heterocycles. The molecule has 3 heteroatoms. The Hall–Kier alpha value is -0.760. The Labute approximate surface area is 77.2 Å². The predicted octanol–water partition coefficient (Wildman–Crippen LogP) is 2.71. The number of hydrogen-bond donors (Lipinski definition) is 1. The van der Waals surface area contributed by atoms with Crippen LogP contribution >= 0.6 is 12.4 Å². The second-order valence-electron chi connectivity index (χ2n) is 3.06. The molecule has 0 aliphatic heterocycles. The lowest BCUT2D eigenvalue weighted by Crippen LogP contribution is -1.90. The molecule has 66 valence electrons. The molecule has 0 saturated heterocycles. The van der Waals surface area contributed by atoms with Crippen LogP contribution in [0.1, 0.15) is 24.3 Å². The summed E-state index contributed by atoms with van der Waals surface area (Å²) in [6.45, 7) is 0. The van der Waals surface area contributed by atoms with Crippen molar-refractivity contribution in [3.8, 4) is 0 Å². The molecular weight excluding hydrogens is 177 g/mol. The highest BCUT2D eigenvalue weighted by atomic mass is 35.5. The van der Waals surface area contributed by atoms with Crippen LogP contribution in [0.2, 0.25) is 0 Å². The largest absolute Gasteiger partial charge is 0.399 e. The van der Waals surface area contributed by atoms with E-state index in [4.69, 9.17) is 5.73 Å². The van der Waals surface area contributed by atoms with Crippen LogP contribution in [0.25, 0.3) is 0 Å². The average Bonchev–Trinajstić information content (AvgIpc) is 2.70. The third-order valence-electron chi connectivity index (χ3n) is 2.04. The summed E-state index contributed by atoms with van der Waals surface area (Å²) in [6, 6.07) is 4.95. The van der Waals surface area contributed by atoms with Gasteiger partial charge < -0.3 is 5.73 Å². The Morgan fingerprint density at radius 2 is 2.00 bits per heavy atom. The zero-order valence-electron chi connectivity index (χ0n) is 6.59. The van der Waals surface area contributed by atoms with E-state index in [0.29, 0.717) is 11.6 Å². The Kier molecular flexibility index (Phi) is 2.58. The summed E-state index contributed by atoms with van der Waals surface area (Å²) >= 11 is 0. The van der Waals surface area contributed by atoms with Crippen LogP contribution in [0, 0.1) is 5.82 Å². The Morgan fingerprint density at radius 3 is 2.50 bits per heavy atom. The topological polar surface area (TPSA) is 26.0 Å². The lowest BCUT2D eigenvalue weighted by molar-refractivity contribution is 0.611. The van der Waals surface area contributed by atoms with Crippen molar-refractivity contribution in [3.05, 3.63) is 29.6 Å². The second-order valence-corrected chi connectivity index (χ2v) is 3.06. The summed E-state index contributed by atoms with van der Waals surface area (Å²) in [4.78, 5) is 0. The van der Waals surface area contributed by atoms with E-state index in [0.717, 1.165) is 18.4 Å². The molecule has 2 rings (SSSR count). The first-order valence-electron chi connectivity index (χ1n) is 3.82. The summed E-state index contributed by atoms with van der Waals surface area (Å²) in [7, 11) is 0. The minimum atomic E-state index is -0.146. The fraction of sp³-hybridized carbons (Fsp3) is 0.333. The van der Waals surface area contributed by atoms with Gasteiger partial charge in [0.25, 0.3) is 0 Å². The molecule has 0 unspecified atom stereocenters. The van der Waals surface area contributed by atoms with E-state index in [9.17, 15) is 4.39 Å². The second kappa shape index (κ2) is 3.31. The van der Waals surface area contributed by atoms with Gasteiger partial charge in [0.1, 0.15) is 5.82 Å². The number of halogens is 2. The van der Waals surface area contributed by atoms with Crippen LogP contribution in [0.3, 0.4) is 0 Å². The molecule has 1 aliphatic rings. The predicted molar refractivity (Wildman–Crippen MR) is 50.0 cm³/mol. The molecular formula is C9H11ClFN. The van der Waals surface area contributed by atoms with E-state index in [1.165, 1.54) is 6.07 Å². The minimum absolute atomic E-state index is 0. The number of anilines is 1. The molecule has 0 atom stereocenters. The summed E-state index contributed by atoms with van der Waals surface area (Å²) in [5, 5.41) is 0. The maximum Gasteiger partial charge on any atom is 0.128 e. The molecule has 2 N–H and O–H groups in total. The van der Waals surface area contributed by atoms with Crippen LogP contribution in [-0.2, 0) is 0 Å². The zero-order valence-corrected chi connectivity index (χ0v) is 7.40. The van der Waals surface area contributed by atoms with Crippen LogP contribution in [0.5, 0.6) is 0 Å². The quantitative estimate of drug-likeness (QED) is 0.673. The molecule has 1 saturated carbocycles. The van der Waals surface area contributed by atoms with Gasteiger partial charge in [-0.25, -0.2) is 4.39 Å². The Bertz CT molecular complexity index is 284. The zero-order chi connectivity index (χ0) is 7.84. The highest BCUT2D eigenvalue weighted by molar-refractivity contribution is 5.85. The molecule has 0 spiro atoms. The van der Waals surface area contributed by atoms with Crippen LogP contribution < -0.4 is 5.73 Å². The maximum absolute atomic E-state index is 13.1. The van der Waals surface area contributed by atoms with Crippen molar-refractivity contribution in [2.24, 2.45) is 0 Å².